The Morgan fingerprint density at radius 3 is 2.93 bits per heavy atom. The largest absolute Gasteiger partial charge is 0.353 e. The van der Waals surface area contributed by atoms with E-state index in [-0.39, 0.29) is 23.8 Å². The maximum absolute atomic E-state index is 11.9. The lowest BCUT2D eigenvalue weighted by molar-refractivity contribution is -0.145. The summed E-state index contributed by atoms with van der Waals surface area (Å²) in [5, 5.41) is 2.76. The quantitative estimate of drug-likeness (QED) is 0.725. The molecule has 0 aromatic carbocycles. The smallest absolute Gasteiger partial charge is 0.242 e. The lowest BCUT2D eigenvalue weighted by atomic mass is 10.1. The summed E-state index contributed by atoms with van der Waals surface area (Å²) in [6.45, 7) is 4.82. The fourth-order valence-corrected chi connectivity index (χ4v) is 1.87. The molecule has 2 amide bonds. The van der Waals surface area contributed by atoms with Crippen LogP contribution in [-0.4, -0.2) is 41.7 Å². The SMILES string of the molecule is CCC1C(=O)NCCN1C(=O)C(C)CCl. The maximum atomic E-state index is 11.9. The summed E-state index contributed by atoms with van der Waals surface area (Å²) in [5.74, 6) is 0.00473. The Morgan fingerprint density at radius 2 is 2.40 bits per heavy atom. The molecule has 15 heavy (non-hydrogen) atoms. The van der Waals surface area contributed by atoms with Crippen molar-refractivity contribution in [2.24, 2.45) is 5.92 Å². The van der Waals surface area contributed by atoms with Gasteiger partial charge in [-0.2, -0.15) is 0 Å². The van der Waals surface area contributed by atoms with Crippen LogP contribution < -0.4 is 5.32 Å². The first-order valence-corrected chi connectivity index (χ1v) is 5.79. The predicted molar refractivity (Wildman–Crippen MR) is 58.7 cm³/mol. The zero-order valence-corrected chi connectivity index (χ0v) is 9.88. The third kappa shape index (κ3) is 2.62. The monoisotopic (exact) mass is 232 g/mol. The van der Waals surface area contributed by atoms with Crippen LogP contribution in [-0.2, 0) is 9.59 Å². The Morgan fingerprint density at radius 1 is 1.73 bits per heavy atom. The van der Waals surface area contributed by atoms with Crippen LogP contribution in [0.3, 0.4) is 0 Å². The van der Waals surface area contributed by atoms with Crippen molar-refractivity contribution in [1.82, 2.24) is 10.2 Å². The van der Waals surface area contributed by atoms with E-state index in [0.29, 0.717) is 25.4 Å². The van der Waals surface area contributed by atoms with Gasteiger partial charge in [-0.1, -0.05) is 13.8 Å². The molecule has 0 radical (unpaired) electrons. The van der Waals surface area contributed by atoms with Gasteiger partial charge in [0, 0.05) is 24.9 Å². The highest BCUT2D eigenvalue weighted by molar-refractivity contribution is 6.19. The van der Waals surface area contributed by atoms with E-state index in [9.17, 15) is 9.59 Å². The van der Waals surface area contributed by atoms with Gasteiger partial charge in [0.25, 0.3) is 0 Å². The number of amides is 2. The van der Waals surface area contributed by atoms with E-state index in [4.69, 9.17) is 11.6 Å². The molecule has 0 spiro atoms. The van der Waals surface area contributed by atoms with Crippen LogP contribution in [0.15, 0.2) is 0 Å². The molecule has 0 aromatic heterocycles. The molecule has 86 valence electrons. The third-order valence-corrected chi connectivity index (χ3v) is 3.12. The van der Waals surface area contributed by atoms with E-state index >= 15 is 0 Å². The Balaban J connectivity index is 2.73. The Labute approximate surface area is 95.0 Å². The Bertz CT molecular complexity index is 258. The molecule has 4 nitrogen and oxygen atoms in total. The number of hydrogen-bond donors (Lipinski definition) is 1. The number of hydrogen-bond acceptors (Lipinski definition) is 2. The second-order valence-electron chi connectivity index (χ2n) is 3.80. The van der Waals surface area contributed by atoms with E-state index in [2.05, 4.69) is 5.32 Å². The summed E-state index contributed by atoms with van der Waals surface area (Å²) in [6, 6.07) is -0.322. The number of rotatable bonds is 3. The highest BCUT2D eigenvalue weighted by atomic mass is 35.5. The highest BCUT2D eigenvalue weighted by Crippen LogP contribution is 2.13. The highest BCUT2D eigenvalue weighted by Gasteiger charge is 2.33. The van der Waals surface area contributed by atoms with Gasteiger partial charge in [-0.25, -0.2) is 0 Å². The number of carbonyl (C=O) groups is 2. The summed E-state index contributed by atoms with van der Waals surface area (Å²) in [4.78, 5) is 25.1. The Hall–Kier alpha value is -0.770. The van der Waals surface area contributed by atoms with Gasteiger partial charge in [-0.3, -0.25) is 9.59 Å². The second-order valence-corrected chi connectivity index (χ2v) is 4.11. The average Bonchev–Trinajstić information content (AvgIpc) is 2.26. The zero-order chi connectivity index (χ0) is 11.4. The van der Waals surface area contributed by atoms with Gasteiger partial charge in [0.05, 0.1) is 0 Å². The number of nitrogens with zero attached hydrogens (tertiary/aromatic N) is 1. The summed E-state index contributed by atoms with van der Waals surface area (Å²) in [7, 11) is 0. The first kappa shape index (κ1) is 12.3. The predicted octanol–water partition coefficient (Wildman–Crippen LogP) is 0.598. The molecular formula is C10H17ClN2O2. The fourth-order valence-electron chi connectivity index (χ4n) is 1.73. The maximum Gasteiger partial charge on any atom is 0.242 e. The van der Waals surface area contributed by atoms with Crippen molar-refractivity contribution < 1.29 is 9.59 Å². The van der Waals surface area contributed by atoms with Crippen LogP contribution in [0.25, 0.3) is 0 Å². The van der Waals surface area contributed by atoms with Crippen LogP contribution in [0.1, 0.15) is 20.3 Å². The molecule has 0 saturated carbocycles. The van der Waals surface area contributed by atoms with Gasteiger partial charge in [-0.05, 0) is 6.42 Å². The van der Waals surface area contributed by atoms with Crippen molar-refractivity contribution in [3.63, 3.8) is 0 Å². The molecule has 1 aliphatic heterocycles. The summed E-state index contributed by atoms with van der Waals surface area (Å²) < 4.78 is 0. The van der Waals surface area contributed by atoms with Gasteiger partial charge < -0.3 is 10.2 Å². The fraction of sp³-hybridized carbons (Fsp3) is 0.800. The van der Waals surface area contributed by atoms with Gasteiger partial charge >= 0.3 is 0 Å². The molecule has 1 rings (SSSR count). The summed E-state index contributed by atoms with van der Waals surface area (Å²) in [6.07, 6.45) is 0.645. The lowest BCUT2D eigenvalue weighted by Gasteiger charge is -2.35. The van der Waals surface area contributed by atoms with Gasteiger partial charge in [0.15, 0.2) is 0 Å². The molecule has 5 heteroatoms. The normalized spacial score (nSPS) is 23.5. The molecule has 0 bridgehead atoms. The number of carbonyl (C=O) groups excluding carboxylic acids is 2. The Kier molecular flexibility index (Phi) is 4.39. The van der Waals surface area contributed by atoms with Gasteiger partial charge in [0.1, 0.15) is 6.04 Å². The summed E-state index contributed by atoms with van der Waals surface area (Å²) in [5.41, 5.74) is 0. The van der Waals surface area contributed by atoms with E-state index in [1.807, 2.05) is 6.92 Å². The number of nitrogens with one attached hydrogen (secondary N) is 1. The molecule has 0 aliphatic carbocycles. The van der Waals surface area contributed by atoms with Crippen LogP contribution >= 0.6 is 11.6 Å². The van der Waals surface area contributed by atoms with E-state index in [1.54, 1.807) is 11.8 Å². The molecule has 2 atom stereocenters. The molecule has 0 aromatic rings. The van der Waals surface area contributed by atoms with Gasteiger partial charge in [0.2, 0.25) is 11.8 Å². The molecule has 1 N–H and O–H groups in total. The average molecular weight is 233 g/mol. The zero-order valence-electron chi connectivity index (χ0n) is 9.12. The first-order chi connectivity index (χ1) is 7.11. The number of piperazine rings is 1. The molecule has 1 fully saturated rings. The van der Waals surface area contributed by atoms with Crippen LogP contribution in [0, 0.1) is 5.92 Å². The van der Waals surface area contributed by atoms with Crippen LogP contribution in [0.4, 0.5) is 0 Å². The third-order valence-electron chi connectivity index (χ3n) is 2.65. The van der Waals surface area contributed by atoms with Crippen molar-refractivity contribution in [3.8, 4) is 0 Å². The lowest BCUT2D eigenvalue weighted by Crippen LogP contribution is -2.58. The minimum atomic E-state index is -0.322. The number of alkyl halides is 1. The topological polar surface area (TPSA) is 49.4 Å². The van der Waals surface area contributed by atoms with Crippen LogP contribution in [0.5, 0.6) is 0 Å². The standard InChI is InChI=1S/C10H17ClN2O2/c1-3-8-9(14)12-4-5-13(8)10(15)7(2)6-11/h7-8H,3-6H2,1-2H3,(H,12,14). The van der Waals surface area contributed by atoms with Crippen molar-refractivity contribution in [3.05, 3.63) is 0 Å². The molecule has 1 saturated heterocycles. The molecular weight excluding hydrogens is 216 g/mol. The molecule has 2 unspecified atom stereocenters. The van der Waals surface area contributed by atoms with Crippen molar-refractivity contribution in [2.75, 3.05) is 19.0 Å². The summed E-state index contributed by atoms with van der Waals surface area (Å²) >= 11 is 5.65. The van der Waals surface area contributed by atoms with Crippen molar-refractivity contribution in [2.45, 2.75) is 26.3 Å². The molecule has 1 heterocycles. The van der Waals surface area contributed by atoms with Crippen LogP contribution in [0.2, 0.25) is 0 Å². The molecule has 1 aliphatic rings. The van der Waals surface area contributed by atoms with Crippen molar-refractivity contribution in [1.29, 1.82) is 0 Å². The van der Waals surface area contributed by atoms with E-state index < -0.39 is 0 Å². The minimum Gasteiger partial charge on any atom is -0.353 e. The van der Waals surface area contributed by atoms with E-state index in [1.165, 1.54) is 0 Å². The minimum absolute atomic E-state index is 0.0216. The first-order valence-electron chi connectivity index (χ1n) is 5.26. The van der Waals surface area contributed by atoms with E-state index in [0.717, 1.165) is 0 Å². The van der Waals surface area contributed by atoms with Gasteiger partial charge in [-0.15, -0.1) is 11.6 Å². The second kappa shape index (κ2) is 5.35. The number of halogens is 1. The van der Waals surface area contributed by atoms with Crippen molar-refractivity contribution >= 4 is 23.4 Å².